The van der Waals surface area contributed by atoms with Gasteiger partial charge in [-0.1, -0.05) is 32.1 Å². The first-order chi connectivity index (χ1) is 17.0. The Morgan fingerprint density at radius 2 is 1.39 bits per heavy atom. The molecule has 2 aliphatic rings. The summed E-state index contributed by atoms with van der Waals surface area (Å²) in [5.74, 6) is 1.27. The molecule has 36 heavy (non-hydrogen) atoms. The molecule has 200 valence electrons. The van der Waals surface area contributed by atoms with Gasteiger partial charge >= 0.3 is 12.4 Å². The molecule has 0 N–H and O–H groups in total. The molecule has 1 saturated carbocycles. The highest BCUT2D eigenvalue weighted by molar-refractivity contribution is 5.80. The third-order valence-electron chi connectivity index (χ3n) is 7.47. The molecular weight excluding hydrogens is 484 g/mol. The van der Waals surface area contributed by atoms with E-state index in [4.69, 9.17) is 5.26 Å². The number of anilines is 1. The Hall–Kier alpha value is -2.28. The molecule has 1 aromatic carbocycles. The second-order valence-corrected chi connectivity index (χ2v) is 10.0. The summed E-state index contributed by atoms with van der Waals surface area (Å²) in [7, 11) is 0. The molecule has 1 aromatic rings. The van der Waals surface area contributed by atoms with Gasteiger partial charge in [0.15, 0.2) is 0 Å². The van der Waals surface area contributed by atoms with Crippen LogP contribution in [-0.4, -0.2) is 43.4 Å². The van der Waals surface area contributed by atoms with E-state index in [1.165, 1.54) is 0 Å². The summed E-state index contributed by atoms with van der Waals surface area (Å²) in [6.45, 7) is 2.85. The van der Waals surface area contributed by atoms with E-state index in [0.717, 1.165) is 63.6 Å². The predicted molar refractivity (Wildman–Crippen MR) is 124 cm³/mol. The highest BCUT2D eigenvalue weighted by Gasteiger charge is 2.37. The lowest BCUT2D eigenvalue weighted by molar-refractivity contribution is -0.143. The van der Waals surface area contributed by atoms with Gasteiger partial charge in [0.1, 0.15) is 5.78 Å². The number of rotatable bonds is 9. The van der Waals surface area contributed by atoms with Crippen LogP contribution in [0, 0.1) is 23.2 Å². The molecule has 0 aromatic heterocycles. The molecule has 4 nitrogen and oxygen atoms in total. The number of benzene rings is 1. The van der Waals surface area contributed by atoms with E-state index in [-0.39, 0.29) is 24.0 Å². The van der Waals surface area contributed by atoms with Crippen molar-refractivity contribution in [3.63, 3.8) is 0 Å². The largest absolute Gasteiger partial charge is 0.416 e. The Bertz CT molecular complexity index is 875. The molecule has 1 aliphatic heterocycles. The fraction of sp³-hybridized carbons (Fsp3) is 0.692. The molecule has 3 rings (SSSR count). The maximum absolute atomic E-state index is 13.2. The average Bonchev–Trinajstić information content (AvgIpc) is 2.83. The van der Waals surface area contributed by atoms with Gasteiger partial charge in [0.25, 0.3) is 0 Å². The van der Waals surface area contributed by atoms with E-state index in [0.29, 0.717) is 44.4 Å². The van der Waals surface area contributed by atoms with Crippen LogP contribution < -0.4 is 4.90 Å². The quantitative estimate of drug-likeness (QED) is 0.342. The van der Waals surface area contributed by atoms with Gasteiger partial charge in [-0.15, -0.1) is 0 Å². The predicted octanol–water partition coefficient (Wildman–Crippen LogP) is 6.70. The normalized spacial score (nSPS) is 21.9. The number of carbonyl (C=O) groups is 1. The monoisotopic (exact) mass is 517 g/mol. The Balaban J connectivity index is 1.42. The number of ketones is 1. The topological polar surface area (TPSA) is 47.3 Å². The van der Waals surface area contributed by atoms with Gasteiger partial charge in [0.2, 0.25) is 0 Å². The molecule has 0 spiro atoms. The van der Waals surface area contributed by atoms with E-state index in [1.54, 1.807) is 4.90 Å². The SMILES string of the molecule is N#CCC(=O)CCCC1CCC(CCN2CCN(c3cc(C(F)(F)F)cc(C(F)(F)F)c3)CC2)CC1. The van der Waals surface area contributed by atoms with Crippen LogP contribution in [0.4, 0.5) is 32.0 Å². The first kappa shape index (κ1) is 28.3. The zero-order chi connectivity index (χ0) is 26.3. The number of Topliss-reactive ketones (excluding diaryl/α,β-unsaturated/α-hetero) is 1. The van der Waals surface area contributed by atoms with Gasteiger partial charge in [-0.3, -0.25) is 9.69 Å². The number of nitriles is 1. The Morgan fingerprint density at radius 3 is 1.89 bits per heavy atom. The molecule has 0 unspecified atom stereocenters. The van der Waals surface area contributed by atoms with E-state index in [2.05, 4.69) is 4.90 Å². The lowest BCUT2D eigenvalue weighted by atomic mass is 9.78. The highest BCUT2D eigenvalue weighted by Crippen LogP contribution is 2.39. The molecule has 1 aliphatic carbocycles. The van der Waals surface area contributed by atoms with Gasteiger partial charge in [-0.2, -0.15) is 31.6 Å². The van der Waals surface area contributed by atoms with Crippen molar-refractivity contribution in [2.45, 2.75) is 70.1 Å². The van der Waals surface area contributed by atoms with Crippen molar-refractivity contribution in [1.82, 2.24) is 4.90 Å². The van der Waals surface area contributed by atoms with E-state index >= 15 is 0 Å². The van der Waals surface area contributed by atoms with Crippen molar-refractivity contribution in [1.29, 1.82) is 5.26 Å². The van der Waals surface area contributed by atoms with Crippen molar-refractivity contribution >= 4 is 11.5 Å². The average molecular weight is 518 g/mol. The summed E-state index contributed by atoms with van der Waals surface area (Å²) < 4.78 is 79.0. The Kier molecular flexibility index (Phi) is 9.67. The molecule has 0 bridgehead atoms. The van der Waals surface area contributed by atoms with Gasteiger partial charge in [0, 0.05) is 38.3 Å². The minimum Gasteiger partial charge on any atom is -0.369 e. The van der Waals surface area contributed by atoms with Crippen LogP contribution in [-0.2, 0) is 17.1 Å². The maximum atomic E-state index is 13.2. The van der Waals surface area contributed by atoms with Crippen LogP contribution in [0.1, 0.15) is 68.9 Å². The van der Waals surface area contributed by atoms with E-state index < -0.39 is 23.5 Å². The number of hydrogen-bond acceptors (Lipinski definition) is 4. The first-order valence-corrected chi connectivity index (χ1v) is 12.6. The zero-order valence-electron chi connectivity index (χ0n) is 20.3. The molecule has 0 atom stereocenters. The van der Waals surface area contributed by atoms with Gasteiger partial charge < -0.3 is 4.90 Å². The lowest BCUT2D eigenvalue weighted by Crippen LogP contribution is -2.47. The third-order valence-corrected chi connectivity index (χ3v) is 7.47. The maximum Gasteiger partial charge on any atom is 0.416 e. The van der Waals surface area contributed by atoms with E-state index in [9.17, 15) is 31.1 Å². The molecule has 2 fully saturated rings. The van der Waals surface area contributed by atoms with Crippen LogP contribution >= 0.6 is 0 Å². The van der Waals surface area contributed by atoms with Crippen molar-refractivity contribution in [3.8, 4) is 6.07 Å². The molecular formula is C26H33F6N3O. The standard InChI is InChI=1S/C26H33F6N3O/c27-25(28,29)21-16-22(26(30,31)32)18-23(17-21)35-14-12-34(13-15-35)11-9-20-6-4-19(5-7-20)2-1-3-24(36)8-10-33/h16-20H,1-9,11-15H2. The van der Waals surface area contributed by atoms with Crippen LogP contribution in [0.15, 0.2) is 18.2 Å². The van der Waals surface area contributed by atoms with Gasteiger partial charge in [-0.05, 0) is 49.4 Å². The summed E-state index contributed by atoms with van der Waals surface area (Å²) >= 11 is 0. The zero-order valence-corrected chi connectivity index (χ0v) is 20.3. The fourth-order valence-electron chi connectivity index (χ4n) is 5.29. The van der Waals surface area contributed by atoms with Crippen LogP contribution in [0.25, 0.3) is 0 Å². The minimum atomic E-state index is -4.84. The van der Waals surface area contributed by atoms with Crippen molar-refractivity contribution in [3.05, 3.63) is 29.3 Å². The molecule has 0 amide bonds. The second-order valence-electron chi connectivity index (χ2n) is 10.0. The van der Waals surface area contributed by atoms with Crippen LogP contribution in [0.3, 0.4) is 0 Å². The van der Waals surface area contributed by atoms with Crippen LogP contribution in [0.5, 0.6) is 0 Å². The van der Waals surface area contributed by atoms with E-state index in [1.807, 2.05) is 6.07 Å². The summed E-state index contributed by atoms with van der Waals surface area (Å²) in [4.78, 5) is 15.3. The van der Waals surface area contributed by atoms with Gasteiger partial charge in [0.05, 0.1) is 23.6 Å². The smallest absolute Gasteiger partial charge is 0.369 e. The Labute approximate surface area is 208 Å². The van der Waals surface area contributed by atoms with Crippen molar-refractivity contribution in [2.24, 2.45) is 11.8 Å². The summed E-state index contributed by atoms with van der Waals surface area (Å²) in [6, 6.07) is 3.68. The highest BCUT2D eigenvalue weighted by atomic mass is 19.4. The first-order valence-electron chi connectivity index (χ1n) is 12.6. The van der Waals surface area contributed by atoms with Gasteiger partial charge in [-0.25, -0.2) is 0 Å². The number of halogens is 6. The fourth-order valence-corrected chi connectivity index (χ4v) is 5.29. The molecule has 10 heteroatoms. The van der Waals surface area contributed by atoms with Crippen molar-refractivity contribution in [2.75, 3.05) is 37.6 Å². The number of alkyl halides is 6. The summed E-state index contributed by atoms with van der Waals surface area (Å²) in [6.07, 6.45) is -1.74. The van der Waals surface area contributed by atoms with Crippen LogP contribution in [0.2, 0.25) is 0 Å². The third kappa shape index (κ3) is 8.39. The molecule has 1 heterocycles. The second kappa shape index (κ2) is 12.3. The summed E-state index contributed by atoms with van der Waals surface area (Å²) in [5.41, 5.74) is -2.59. The number of piperazine rings is 1. The Morgan fingerprint density at radius 1 is 0.861 bits per heavy atom. The number of hydrogen-bond donors (Lipinski definition) is 0. The number of carbonyl (C=O) groups excluding carboxylic acids is 1. The molecule has 0 radical (unpaired) electrons. The number of nitrogens with zero attached hydrogens (tertiary/aromatic N) is 3. The summed E-state index contributed by atoms with van der Waals surface area (Å²) in [5, 5.41) is 8.55. The minimum absolute atomic E-state index is 0.00443. The lowest BCUT2D eigenvalue weighted by Gasteiger charge is -2.37. The molecule has 1 saturated heterocycles. The van der Waals surface area contributed by atoms with Crippen molar-refractivity contribution < 1.29 is 31.1 Å².